The third-order valence-electron chi connectivity index (χ3n) is 4.23. The quantitative estimate of drug-likeness (QED) is 0.671. The van der Waals surface area contributed by atoms with E-state index < -0.39 is 23.3 Å². The number of amides is 1. The molecule has 0 aliphatic carbocycles. The molecule has 2 aromatic heterocycles. The lowest BCUT2D eigenvalue weighted by Gasteiger charge is -2.08. The van der Waals surface area contributed by atoms with E-state index in [-0.39, 0.29) is 13.1 Å². The summed E-state index contributed by atoms with van der Waals surface area (Å²) in [5, 5.41) is 4.71. The SMILES string of the molecule is COC(=O)Cn1c(C)c(-c2ccc(=O)n(CC(N)=O)n2)c2cc(F)ccc21. The zero-order valence-electron chi connectivity index (χ0n) is 14.7. The average Bonchev–Trinajstić information content (AvgIpc) is 2.87. The molecule has 3 aromatic rings. The molecular weight excluding hydrogens is 355 g/mol. The van der Waals surface area contributed by atoms with Crippen molar-refractivity contribution in [3.8, 4) is 11.3 Å². The summed E-state index contributed by atoms with van der Waals surface area (Å²) in [4.78, 5) is 34.8. The molecule has 1 amide bonds. The van der Waals surface area contributed by atoms with Crippen LogP contribution in [0.4, 0.5) is 4.39 Å². The molecule has 2 N–H and O–H groups in total. The second-order valence-corrected chi connectivity index (χ2v) is 5.96. The highest BCUT2D eigenvalue weighted by atomic mass is 19.1. The lowest BCUT2D eigenvalue weighted by atomic mass is 10.1. The molecule has 0 aliphatic heterocycles. The Balaban J connectivity index is 2.27. The molecule has 9 heteroatoms. The fraction of sp³-hybridized carbons (Fsp3) is 0.222. The maximum absolute atomic E-state index is 13.9. The third-order valence-corrected chi connectivity index (χ3v) is 4.23. The molecule has 0 saturated heterocycles. The minimum Gasteiger partial charge on any atom is -0.468 e. The summed E-state index contributed by atoms with van der Waals surface area (Å²) in [6, 6.07) is 6.92. The van der Waals surface area contributed by atoms with Gasteiger partial charge in [0.25, 0.3) is 5.56 Å². The van der Waals surface area contributed by atoms with Crippen molar-refractivity contribution in [3.05, 3.63) is 52.2 Å². The number of nitrogens with zero attached hydrogens (tertiary/aromatic N) is 3. The first kappa shape index (κ1) is 18.3. The van der Waals surface area contributed by atoms with Crippen LogP contribution in [0.3, 0.4) is 0 Å². The van der Waals surface area contributed by atoms with Gasteiger partial charge in [-0.05, 0) is 31.2 Å². The molecule has 27 heavy (non-hydrogen) atoms. The van der Waals surface area contributed by atoms with Crippen LogP contribution in [0, 0.1) is 12.7 Å². The summed E-state index contributed by atoms with van der Waals surface area (Å²) in [7, 11) is 1.28. The Morgan fingerprint density at radius 3 is 2.63 bits per heavy atom. The van der Waals surface area contributed by atoms with Crippen molar-refractivity contribution in [2.75, 3.05) is 7.11 Å². The van der Waals surface area contributed by atoms with Crippen LogP contribution in [0.2, 0.25) is 0 Å². The maximum atomic E-state index is 13.9. The number of ether oxygens (including phenoxy) is 1. The van der Waals surface area contributed by atoms with Gasteiger partial charge in [0, 0.05) is 28.2 Å². The van der Waals surface area contributed by atoms with Crippen molar-refractivity contribution < 1.29 is 18.7 Å². The smallest absolute Gasteiger partial charge is 0.325 e. The lowest BCUT2D eigenvalue weighted by Crippen LogP contribution is -2.29. The molecule has 140 valence electrons. The molecule has 3 rings (SSSR count). The van der Waals surface area contributed by atoms with Crippen LogP contribution in [0.15, 0.2) is 35.1 Å². The fourth-order valence-corrected chi connectivity index (χ4v) is 3.02. The van der Waals surface area contributed by atoms with E-state index in [1.165, 1.54) is 31.4 Å². The fourth-order valence-electron chi connectivity index (χ4n) is 3.02. The molecule has 0 aliphatic rings. The van der Waals surface area contributed by atoms with Gasteiger partial charge in [-0.1, -0.05) is 0 Å². The molecule has 0 saturated carbocycles. The predicted molar refractivity (Wildman–Crippen MR) is 95.3 cm³/mol. The molecule has 0 unspecified atom stereocenters. The van der Waals surface area contributed by atoms with E-state index in [0.717, 1.165) is 4.68 Å². The van der Waals surface area contributed by atoms with Gasteiger partial charge < -0.3 is 15.0 Å². The van der Waals surface area contributed by atoms with Crippen molar-refractivity contribution >= 4 is 22.8 Å². The number of carbonyl (C=O) groups excluding carboxylic acids is 2. The highest BCUT2D eigenvalue weighted by Gasteiger charge is 2.20. The van der Waals surface area contributed by atoms with E-state index in [0.29, 0.717) is 27.9 Å². The predicted octanol–water partition coefficient (Wildman–Crippen LogP) is 0.971. The van der Waals surface area contributed by atoms with Gasteiger partial charge in [-0.3, -0.25) is 14.4 Å². The minimum atomic E-state index is -0.711. The normalized spacial score (nSPS) is 10.9. The van der Waals surface area contributed by atoms with Gasteiger partial charge in [-0.2, -0.15) is 5.10 Å². The highest BCUT2D eigenvalue weighted by Crippen LogP contribution is 2.33. The number of hydrogen-bond donors (Lipinski definition) is 1. The van der Waals surface area contributed by atoms with Crippen LogP contribution in [-0.4, -0.2) is 33.3 Å². The number of fused-ring (bicyclic) bond motifs is 1. The van der Waals surface area contributed by atoms with E-state index in [4.69, 9.17) is 10.5 Å². The van der Waals surface area contributed by atoms with Crippen LogP contribution in [0.1, 0.15) is 5.69 Å². The Hall–Kier alpha value is -3.49. The molecule has 8 nitrogen and oxygen atoms in total. The summed E-state index contributed by atoms with van der Waals surface area (Å²) >= 11 is 0. The summed E-state index contributed by atoms with van der Waals surface area (Å²) < 4.78 is 21.2. The Morgan fingerprint density at radius 2 is 1.96 bits per heavy atom. The van der Waals surface area contributed by atoms with Crippen molar-refractivity contribution in [2.45, 2.75) is 20.0 Å². The molecule has 0 radical (unpaired) electrons. The summed E-state index contributed by atoms with van der Waals surface area (Å²) in [5.41, 5.74) is 6.82. The van der Waals surface area contributed by atoms with Crippen molar-refractivity contribution in [3.63, 3.8) is 0 Å². The minimum absolute atomic E-state index is 0.0641. The van der Waals surface area contributed by atoms with E-state index in [9.17, 15) is 18.8 Å². The summed E-state index contributed by atoms with van der Waals surface area (Å²) in [5.74, 6) is -1.63. The van der Waals surface area contributed by atoms with Gasteiger partial charge >= 0.3 is 5.97 Å². The van der Waals surface area contributed by atoms with Gasteiger partial charge in [0.1, 0.15) is 18.9 Å². The zero-order chi connectivity index (χ0) is 19.7. The van der Waals surface area contributed by atoms with E-state index in [2.05, 4.69) is 5.10 Å². The number of aromatic nitrogens is 3. The zero-order valence-corrected chi connectivity index (χ0v) is 14.7. The Morgan fingerprint density at radius 1 is 1.22 bits per heavy atom. The molecule has 2 heterocycles. The first-order valence-electron chi connectivity index (χ1n) is 8.04. The third kappa shape index (κ3) is 3.43. The lowest BCUT2D eigenvalue weighted by molar-refractivity contribution is -0.141. The van der Waals surface area contributed by atoms with Crippen LogP contribution in [0.25, 0.3) is 22.2 Å². The van der Waals surface area contributed by atoms with E-state index >= 15 is 0 Å². The van der Waals surface area contributed by atoms with Gasteiger partial charge in [0.15, 0.2) is 0 Å². The maximum Gasteiger partial charge on any atom is 0.325 e. The summed E-state index contributed by atoms with van der Waals surface area (Å²) in [6.07, 6.45) is 0. The van der Waals surface area contributed by atoms with E-state index in [1.807, 2.05) is 0 Å². The molecule has 0 spiro atoms. The van der Waals surface area contributed by atoms with Gasteiger partial charge in [0.2, 0.25) is 5.91 Å². The molecule has 0 atom stereocenters. The first-order valence-corrected chi connectivity index (χ1v) is 8.04. The van der Waals surface area contributed by atoms with Crippen LogP contribution in [-0.2, 0) is 27.4 Å². The second kappa shape index (κ2) is 7.02. The molecule has 1 aromatic carbocycles. The van der Waals surface area contributed by atoms with Gasteiger partial charge in [-0.25, -0.2) is 9.07 Å². The summed E-state index contributed by atoms with van der Waals surface area (Å²) in [6.45, 7) is 1.31. The van der Waals surface area contributed by atoms with Gasteiger partial charge in [-0.15, -0.1) is 0 Å². The standard InChI is InChI=1S/C18H17FN4O4/c1-10-18(13-4-6-16(25)23(21-13)8-15(20)24)12-7-11(19)3-5-14(12)22(10)9-17(26)27-2/h3-7H,8-9H2,1-2H3,(H2,20,24). The van der Waals surface area contributed by atoms with Crippen molar-refractivity contribution in [2.24, 2.45) is 5.73 Å². The number of halogens is 1. The molecule has 0 fully saturated rings. The van der Waals surface area contributed by atoms with Crippen LogP contribution in [0.5, 0.6) is 0 Å². The second-order valence-electron chi connectivity index (χ2n) is 5.96. The largest absolute Gasteiger partial charge is 0.468 e. The number of methoxy groups -OCH3 is 1. The molecular formula is C18H17FN4O4. The van der Waals surface area contributed by atoms with Crippen LogP contribution < -0.4 is 11.3 Å². The first-order chi connectivity index (χ1) is 12.8. The van der Waals surface area contributed by atoms with Crippen LogP contribution >= 0.6 is 0 Å². The topological polar surface area (TPSA) is 109 Å². The Labute approximate surface area is 153 Å². The number of carbonyl (C=O) groups is 2. The Kier molecular flexibility index (Phi) is 4.76. The number of esters is 1. The highest BCUT2D eigenvalue weighted by molar-refractivity contribution is 5.97. The number of primary amides is 1. The Bertz CT molecular complexity index is 1120. The monoisotopic (exact) mass is 372 g/mol. The molecule has 0 bridgehead atoms. The van der Waals surface area contributed by atoms with Crippen molar-refractivity contribution in [1.29, 1.82) is 0 Å². The number of benzene rings is 1. The van der Waals surface area contributed by atoms with Crippen molar-refractivity contribution in [1.82, 2.24) is 14.3 Å². The van der Waals surface area contributed by atoms with Gasteiger partial charge in [0.05, 0.1) is 12.8 Å². The number of hydrogen-bond acceptors (Lipinski definition) is 5. The number of nitrogens with two attached hydrogens (primary N) is 1. The number of rotatable bonds is 5. The van der Waals surface area contributed by atoms with E-state index in [1.54, 1.807) is 17.6 Å². The average molecular weight is 372 g/mol.